The zero-order chi connectivity index (χ0) is 13.9. The van der Waals surface area contributed by atoms with Gasteiger partial charge >= 0.3 is 0 Å². The van der Waals surface area contributed by atoms with Gasteiger partial charge < -0.3 is 4.90 Å². The van der Waals surface area contributed by atoms with Crippen LogP contribution >= 0.6 is 0 Å². The van der Waals surface area contributed by atoms with Crippen molar-refractivity contribution < 1.29 is 18.0 Å². The van der Waals surface area contributed by atoms with E-state index in [9.17, 15) is 18.0 Å². The van der Waals surface area contributed by atoms with Gasteiger partial charge in [-0.25, -0.2) is 8.42 Å². The van der Waals surface area contributed by atoms with E-state index in [2.05, 4.69) is 0 Å². The molecule has 0 aromatic rings. The van der Waals surface area contributed by atoms with Crippen molar-refractivity contribution in [1.82, 2.24) is 4.90 Å². The second-order valence-corrected chi connectivity index (χ2v) is 7.71. The van der Waals surface area contributed by atoms with Gasteiger partial charge in [-0.15, -0.1) is 0 Å². The van der Waals surface area contributed by atoms with E-state index in [4.69, 9.17) is 0 Å². The molecule has 6 heteroatoms. The van der Waals surface area contributed by atoms with E-state index in [0.29, 0.717) is 25.9 Å². The van der Waals surface area contributed by atoms with Crippen LogP contribution in [0.15, 0.2) is 0 Å². The molecule has 2 fully saturated rings. The summed E-state index contributed by atoms with van der Waals surface area (Å²) < 4.78 is 23.8. The number of amides is 1. The van der Waals surface area contributed by atoms with Gasteiger partial charge in [-0.2, -0.15) is 0 Å². The lowest BCUT2D eigenvalue weighted by atomic mass is 10.1. The molecule has 0 spiro atoms. The van der Waals surface area contributed by atoms with E-state index < -0.39 is 15.6 Å². The zero-order valence-corrected chi connectivity index (χ0v) is 12.0. The lowest BCUT2D eigenvalue weighted by Crippen LogP contribution is -2.34. The van der Waals surface area contributed by atoms with Crippen LogP contribution in [0, 0.1) is 5.92 Å². The highest BCUT2D eigenvalue weighted by molar-refractivity contribution is 7.92. The summed E-state index contributed by atoms with van der Waals surface area (Å²) in [5, 5.41) is 0. The molecular weight excluding hydrogens is 266 g/mol. The van der Waals surface area contributed by atoms with E-state index in [1.807, 2.05) is 0 Å². The molecule has 2 rings (SSSR count). The Hall–Kier alpha value is -0.910. The van der Waals surface area contributed by atoms with Crippen LogP contribution in [0.25, 0.3) is 0 Å². The molecule has 0 bridgehead atoms. The van der Waals surface area contributed by atoms with Gasteiger partial charge in [-0.05, 0) is 32.1 Å². The van der Waals surface area contributed by atoms with E-state index in [-0.39, 0.29) is 23.4 Å². The van der Waals surface area contributed by atoms with Crippen LogP contribution in [0.2, 0.25) is 0 Å². The number of hydrogen-bond acceptors (Lipinski definition) is 4. The van der Waals surface area contributed by atoms with Crippen molar-refractivity contribution in [1.29, 1.82) is 0 Å². The van der Waals surface area contributed by atoms with Crippen molar-refractivity contribution in [3.05, 3.63) is 0 Å². The standard InChI is InChI=1S/C13H21NO4S/c15-12-5-3-4-11(12)6-9-19(17,18)10-13(16)14-7-1-2-8-14/h11H,1-10H2. The molecule has 0 aromatic carbocycles. The van der Waals surface area contributed by atoms with E-state index in [1.165, 1.54) is 0 Å². The van der Waals surface area contributed by atoms with Gasteiger partial charge in [-0.1, -0.05) is 0 Å². The minimum atomic E-state index is -3.37. The first-order valence-electron chi connectivity index (χ1n) is 6.99. The lowest BCUT2D eigenvalue weighted by Gasteiger charge is -2.15. The Kier molecular flexibility index (Phi) is 4.60. The highest BCUT2D eigenvalue weighted by atomic mass is 32.2. The third kappa shape index (κ3) is 4.03. The number of likely N-dealkylation sites (tertiary alicyclic amines) is 1. The van der Waals surface area contributed by atoms with Crippen molar-refractivity contribution in [2.24, 2.45) is 5.92 Å². The number of sulfone groups is 1. The molecule has 0 N–H and O–H groups in total. The summed E-state index contributed by atoms with van der Waals surface area (Å²) in [6.07, 6.45) is 4.56. The van der Waals surface area contributed by atoms with Crippen LogP contribution in [-0.2, 0) is 19.4 Å². The Bertz CT molecular complexity index is 451. The fourth-order valence-electron chi connectivity index (χ4n) is 2.83. The SMILES string of the molecule is O=C1CCCC1CCS(=O)(=O)CC(=O)N1CCCC1. The number of hydrogen-bond donors (Lipinski definition) is 0. The predicted molar refractivity (Wildman–Crippen MR) is 71.4 cm³/mol. The maximum absolute atomic E-state index is 11.9. The van der Waals surface area contributed by atoms with E-state index >= 15 is 0 Å². The second kappa shape index (κ2) is 6.03. The molecule has 0 aromatic heterocycles. The first-order chi connectivity index (χ1) is 8.98. The zero-order valence-electron chi connectivity index (χ0n) is 11.1. The van der Waals surface area contributed by atoms with Crippen LogP contribution < -0.4 is 0 Å². The summed E-state index contributed by atoms with van der Waals surface area (Å²) in [6.45, 7) is 1.35. The minimum Gasteiger partial charge on any atom is -0.342 e. The largest absolute Gasteiger partial charge is 0.342 e. The van der Waals surface area contributed by atoms with Gasteiger partial charge in [0.1, 0.15) is 11.5 Å². The van der Waals surface area contributed by atoms with Crippen molar-refractivity contribution in [2.75, 3.05) is 24.6 Å². The fourth-order valence-corrected chi connectivity index (χ4v) is 4.18. The van der Waals surface area contributed by atoms with Gasteiger partial charge in [-0.3, -0.25) is 9.59 Å². The topological polar surface area (TPSA) is 71.5 Å². The molecule has 1 saturated heterocycles. The molecule has 108 valence electrons. The molecule has 5 nitrogen and oxygen atoms in total. The normalized spacial score (nSPS) is 24.1. The maximum atomic E-state index is 11.9. The monoisotopic (exact) mass is 287 g/mol. The van der Waals surface area contributed by atoms with Gasteiger partial charge in [0.2, 0.25) is 5.91 Å². The number of nitrogens with zero attached hydrogens (tertiary/aromatic N) is 1. The minimum absolute atomic E-state index is 0.0387. The first-order valence-corrected chi connectivity index (χ1v) is 8.81. The third-order valence-corrected chi connectivity index (χ3v) is 5.56. The predicted octanol–water partition coefficient (Wildman–Crippen LogP) is 0.783. The molecule has 2 aliphatic rings. The van der Waals surface area contributed by atoms with Crippen molar-refractivity contribution >= 4 is 21.5 Å². The molecule has 1 heterocycles. The molecule has 1 unspecified atom stereocenters. The average molecular weight is 287 g/mol. The summed E-state index contributed by atoms with van der Waals surface area (Å²) in [4.78, 5) is 24.9. The molecule has 0 radical (unpaired) electrons. The Morgan fingerprint density at radius 3 is 2.47 bits per heavy atom. The Labute approximate surface area is 114 Å². The quantitative estimate of drug-likeness (QED) is 0.749. The number of ketones is 1. The number of Topliss-reactive ketones (excluding diaryl/α,β-unsaturated/α-hetero) is 1. The summed E-state index contributed by atoms with van der Waals surface area (Å²) in [6, 6.07) is 0. The number of carbonyl (C=O) groups is 2. The van der Waals surface area contributed by atoms with E-state index in [1.54, 1.807) is 4.90 Å². The summed E-state index contributed by atoms with van der Waals surface area (Å²) in [5.41, 5.74) is 0. The van der Waals surface area contributed by atoms with Crippen LogP contribution in [0.4, 0.5) is 0 Å². The van der Waals surface area contributed by atoms with Crippen LogP contribution in [0.1, 0.15) is 38.5 Å². The molecular formula is C13H21NO4S. The molecule has 19 heavy (non-hydrogen) atoms. The summed E-state index contributed by atoms with van der Waals surface area (Å²) in [5.74, 6) is -0.635. The van der Waals surface area contributed by atoms with Crippen LogP contribution in [0.3, 0.4) is 0 Å². The third-order valence-electron chi connectivity index (χ3n) is 4.01. The second-order valence-electron chi connectivity index (χ2n) is 5.52. The van der Waals surface area contributed by atoms with Crippen molar-refractivity contribution in [2.45, 2.75) is 38.5 Å². The molecule has 1 aliphatic carbocycles. The maximum Gasteiger partial charge on any atom is 0.237 e. The smallest absolute Gasteiger partial charge is 0.237 e. The average Bonchev–Trinajstić information content (AvgIpc) is 2.96. The van der Waals surface area contributed by atoms with Crippen LogP contribution in [0.5, 0.6) is 0 Å². The number of carbonyl (C=O) groups excluding carboxylic acids is 2. The van der Waals surface area contributed by atoms with Gasteiger partial charge in [0.05, 0.1) is 5.75 Å². The molecule has 1 aliphatic heterocycles. The molecule has 1 amide bonds. The first kappa shape index (κ1) is 14.5. The van der Waals surface area contributed by atoms with Crippen molar-refractivity contribution in [3.63, 3.8) is 0 Å². The van der Waals surface area contributed by atoms with E-state index in [0.717, 1.165) is 25.7 Å². The highest BCUT2D eigenvalue weighted by Gasteiger charge is 2.28. The Balaban J connectivity index is 1.81. The van der Waals surface area contributed by atoms with Crippen LogP contribution in [-0.4, -0.2) is 49.6 Å². The Morgan fingerprint density at radius 1 is 1.21 bits per heavy atom. The highest BCUT2D eigenvalue weighted by Crippen LogP contribution is 2.24. The van der Waals surface area contributed by atoms with Gasteiger partial charge in [0.25, 0.3) is 0 Å². The van der Waals surface area contributed by atoms with Gasteiger partial charge in [0.15, 0.2) is 9.84 Å². The Morgan fingerprint density at radius 2 is 1.89 bits per heavy atom. The fraction of sp³-hybridized carbons (Fsp3) is 0.846. The van der Waals surface area contributed by atoms with Gasteiger partial charge in [0, 0.05) is 25.4 Å². The molecule has 1 saturated carbocycles. The summed E-state index contributed by atoms with van der Waals surface area (Å²) in [7, 11) is -3.37. The number of rotatable bonds is 5. The summed E-state index contributed by atoms with van der Waals surface area (Å²) >= 11 is 0. The lowest BCUT2D eigenvalue weighted by molar-refractivity contribution is -0.127. The molecule has 1 atom stereocenters. The van der Waals surface area contributed by atoms with Crippen molar-refractivity contribution in [3.8, 4) is 0 Å².